The zero-order valence-electron chi connectivity index (χ0n) is 15.1. The van der Waals surface area contributed by atoms with Crippen molar-refractivity contribution in [3.63, 3.8) is 0 Å². The van der Waals surface area contributed by atoms with Gasteiger partial charge in [-0.3, -0.25) is 9.59 Å². The maximum atomic E-state index is 12.5. The molecule has 0 bridgehead atoms. The number of nitrogens with one attached hydrogen (secondary N) is 1. The lowest BCUT2D eigenvalue weighted by atomic mass is 9.90. The number of carbonyl (C=O) groups excluding carboxylic acids is 2. The molecule has 0 saturated carbocycles. The Morgan fingerprint density at radius 3 is 2.67 bits per heavy atom. The Bertz CT molecular complexity index is 878. The Labute approximate surface area is 157 Å². The minimum atomic E-state index is -1.00. The molecule has 0 spiro atoms. The van der Waals surface area contributed by atoms with Crippen LogP contribution >= 0.6 is 0 Å². The third-order valence-corrected chi connectivity index (χ3v) is 4.86. The van der Waals surface area contributed by atoms with E-state index in [1.807, 2.05) is 24.3 Å². The number of aromatic carboxylic acids is 1. The molecule has 1 unspecified atom stereocenters. The van der Waals surface area contributed by atoms with E-state index in [1.165, 1.54) is 18.6 Å². The molecular weight excluding hydrogens is 344 g/mol. The summed E-state index contributed by atoms with van der Waals surface area (Å²) < 4.78 is 0. The summed E-state index contributed by atoms with van der Waals surface area (Å²) in [5.74, 6) is -1.22. The Kier molecular flexibility index (Phi) is 5.54. The molecule has 2 amide bonds. The molecule has 3 rings (SSSR count). The summed E-state index contributed by atoms with van der Waals surface area (Å²) in [7, 11) is 0. The minimum absolute atomic E-state index is 0.0449. The summed E-state index contributed by atoms with van der Waals surface area (Å²) in [4.78, 5) is 37.3. The summed E-state index contributed by atoms with van der Waals surface area (Å²) in [6.07, 6.45) is 0.963. The van der Waals surface area contributed by atoms with Crippen LogP contribution in [-0.2, 0) is 22.6 Å². The van der Waals surface area contributed by atoms with Crippen molar-refractivity contribution in [3.8, 4) is 0 Å². The summed E-state index contributed by atoms with van der Waals surface area (Å²) in [6.45, 7) is 2.37. The lowest BCUT2D eigenvalue weighted by molar-refractivity contribution is -0.133. The van der Waals surface area contributed by atoms with Crippen molar-refractivity contribution in [1.82, 2.24) is 10.2 Å². The van der Waals surface area contributed by atoms with Gasteiger partial charge in [0.25, 0.3) is 0 Å². The number of rotatable bonds is 5. The van der Waals surface area contributed by atoms with Gasteiger partial charge in [-0.1, -0.05) is 36.4 Å². The summed E-state index contributed by atoms with van der Waals surface area (Å²) in [5.41, 5.74) is 3.09. The third-order valence-electron chi connectivity index (χ3n) is 4.86. The quantitative estimate of drug-likeness (QED) is 0.851. The summed E-state index contributed by atoms with van der Waals surface area (Å²) >= 11 is 0. The van der Waals surface area contributed by atoms with Crippen molar-refractivity contribution in [2.45, 2.75) is 32.4 Å². The highest BCUT2D eigenvalue weighted by Crippen LogP contribution is 2.32. The van der Waals surface area contributed by atoms with Gasteiger partial charge in [0.15, 0.2) is 0 Å². The van der Waals surface area contributed by atoms with Crippen molar-refractivity contribution in [3.05, 3.63) is 70.8 Å². The average Bonchev–Trinajstić information content (AvgIpc) is 2.66. The molecule has 1 aliphatic heterocycles. The van der Waals surface area contributed by atoms with E-state index in [2.05, 4.69) is 5.32 Å². The van der Waals surface area contributed by atoms with Crippen molar-refractivity contribution < 1.29 is 19.5 Å². The highest BCUT2D eigenvalue weighted by atomic mass is 16.4. The normalized spacial score (nSPS) is 15.7. The Morgan fingerprint density at radius 1 is 1.15 bits per heavy atom. The molecule has 6 heteroatoms. The van der Waals surface area contributed by atoms with E-state index < -0.39 is 5.97 Å². The van der Waals surface area contributed by atoms with Crippen molar-refractivity contribution in [1.29, 1.82) is 0 Å². The molecule has 27 heavy (non-hydrogen) atoms. The first-order valence-electron chi connectivity index (χ1n) is 8.89. The molecule has 2 aromatic rings. The number of hydrogen-bond donors (Lipinski definition) is 2. The highest BCUT2D eigenvalue weighted by molar-refractivity contribution is 5.87. The molecule has 1 heterocycles. The van der Waals surface area contributed by atoms with E-state index in [1.54, 1.807) is 23.1 Å². The molecule has 0 aromatic heterocycles. The van der Waals surface area contributed by atoms with Gasteiger partial charge in [-0.25, -0.2) is 4.79 Å². The van der Waals surface area contributed by atoms with Crippen LogP contribution in [0.1, 0.15) is 46.4 Å². The molecule has 2 N–H and O–H groups in total. The van der Waals surface area contributed by atoms with Gasteiger partial charge in [-0.2, -0.15) is 0 Å². The second-order valence-electron chi connectivity index (χ2n) is 6.66. The van der Waals surface area contributed by atoms with Gasteiger partial charge >= 0.3 is 5.97 Å². The number of nitrogens with zero attached hydrogens (tertiary/aromatic N) is 1. The zero-order valence-corrected chi connectivity index (χ0v) is 15.1. The van der Waals surface area contributed by atoms with E-state index in [-0.39, 0.29) is 36.4 Å². The predicted molar refractivity (Wildman–Crippen MR) is 100 cm³/mol. The number of carboxylic acid groups (broad SMARTS) is 1. The fourth-order valence-electron chi connectivity index (χ4n) is 3.51. The van der Waals surface area contributed by atoms with Gasteiger partial charge in [-0.15, -0.1) is 0 Å². The van der Waals surface area contributed by atoms with Crippen LogP contribution in [0.3, 0.4) is 0 Å². The molecule has 0 radical (unpaired) electrons. The summed E-state index contributed by atoms with van der Waals surface area (Å²) in [5, 5.41) is 11.9. The van der Waals surface area contributed by atoms with Gasteiger partial charge in [0, 0.05) is 20.0 Å². The molecule has 1 aliphatic rings. The molecular formula is C21H22N2O4. The van der Waals surface area contributed by atoms with E-state index in [0.29, 0.717) is 6.54 Å². The predicted octanol–water partition coefficient (Wildman–Crippen LogP) is 2.54. The van der Waals surface area contributed by atoms with Crippen LogP contribution < -0.4 is 5.32 Å². The van der Waals surface area contributed by atoms with Gasteiger partial charge in [0.05, 0.1) is 18.0 Å². The van der Waals surface area contributed by atoms with Gasteiger partial charge in [0.2, 0.25) is 11.8 Å². The number of carboxylic acids is 1. The highest BCUT2D eigenvalue weighted by Gasteiger charge is 2.30. The molecule has 0 saturated heterocycles. The molecule has 140 valence electrons. The smallest absolute Gasteiger partial charge is 0.335 e. The maximum Gasteiger partial charge on any atom is 0.335 e. The van der Waals surface area contributed by atoms with Crippen LogP contribution in [-0.4, -0.2) is 34.3 Å². The molecule has 1 atom stereocenters. The Morgan fingerprint density at radius 2 is 1.93 bits per heavy atom. The lowest BCUT2D eigenvalue weighted by Gasteiger charge is -2.36. The lowest BCUT2D eigenvalue weighted by Crippen LogP contribution is -2.41. The van der Waals surface area contributed by atoms with Crippen LogP contribution in [0.15, 0.2) is 48.5 Å². The van der Waals surface area contributed by atoms with E-state index in [9.17, 15) is 14.4 Å². The molecule has 0 fully saturated rings. The fraction of sp³-hybridized carbons (Fsp3) is 0.286. The topological polar surface area (TPSA) is 86.7 Å². The monoisotopic (exact) mass is 366 g/mol. The van der Waals surface area contributed by atoms with E-state index in [0.717, 1.165) is 17.5 Å². The zero-order chi connectivity index (χ0) is 19.4. The maximum absolute atomic E-state index is 12.5. The number of hydrogen-bond acceptors (Lipinski definition) is 3. The second kappa shape index (κ2) is 8.03. The van der Waals surface area contributed by atoms with Crippen LogP contribution in [0.2, 0.25) is 0 Å². The standard InChI is InChI=1S/C21H22N2O4/c1-14(24)23-10-9-16-6-2-3-8-18(16)19(23)12-20(25)22-13-15-5-4-7-17(11-15)21(26)27/h2-8,11,19H,9-10,12-13H2,1H3,(H,22,25)(H,26,27). The van der Waals surface area contributed by atoms with Gasteiger partial charge in [-0.05, 0) is 35.2 Å². The number of benzene rings is 2. The van der Waals surface area contributed by atoms with E-state index >= 15 is 0 Å². The van der Waals surface area contributed by atoms with Crippen LogP contribution in [0, 0.1) is 0 Å². The molecule has 2 aromatic carbocycles. The van der Waals surface area contributed by atoms with Crippen LogP contribution in [0.4, 0.5) is 0 Å². The third kappa shape index (κ3) is 4.34. The first-order chi connectivity index (χ1) is 13.0. The van der Waals surface area contributed by atoms with Gasteiger partial charge < -0.3 is 15.3 Å². The first-order valence-corrected chi connectivity index (χ1v) is 8.89. The van der Waals surface area contributed by atoms with E-state index in [4.69, 9.17) is 5.11 Å². The Hall–Kier alpha value is -3.15. The largest absolute Gasteiger partial charge is 0.478 e. The van der Waals surface area contributed by atoms with Crippen molar-refractivity contribution in [2.75, 3.05) is 6.54 Å². The van der Waals surface area contributed by atoms with Crippen LogP contribution in [0.25, 0.3) is 0 Å². The minimum Gasteiger partial charge on any atom is -0.478 e. The number of amides is 2. The SMILES string of the molecule is CC(=O)N1CCc2ccccc2C1CC(=O)NCc1cccc(C(=O)O)c1. The first kappa shape index (κ1) is 18.6. The van der Waals surface area contributed by atoms with Crippen molar-refractivity contribution >= 4 is 17.8 Å². The second-order valence-corrected chi connectivity index (χ2v) is 6.66. The molecule has 6 nitrogen and oxygen atoms in total. The van der Waals surface area contributed by atoms with Gasteiger partial charge in [0.1, 0.15) is 0 Å². The summed E-state index contributed by atoms with van der Waals surface area (Å²) in [6, 6.07) is 14.1. The Balaban J connectivity index is 1.69. The van der Waals surface area contributed by atoms with Crippen molar-refractivity contribution in [2.24, 2.45) is 0 Å². The fourth-order valence-corrected chi connectivity index (χ4v) is 3.51. The molecule has 0 aliphatic carbocycles. The number of carbonyl (C=O) groups is 3. The average molecular weight is 366 g/mol. The number of fused-ring (bicyclic) bond motifs is 1. The van der Waals surface area contributed by atoms with Crippen LogP contribution in [0.5, 0.6) is 0 Å².